The molecule has 0 aliphatic rings. The molecule has 1 aromatic rings. The van der Waals surface area contributed by atoms with Gasteiger partial charge in [0.25, 0.3) is 0 Å². The first kappa shape index (κ1) is 18.1. The summed E-state index contributed by atoms with van der Waals surface area (Å²) in [5.41, 5.74) is 2.77. The Labute approximate surface area is 130 Å². The van der Waals surface area contributed by atoms with E-state index >= 15 is 0 Å². The lowest BCUT2D eigenvalue weighted by Crippen LogP contribution is -2.39. The highest BCUT2D eigenvalue weighted by atomic mass is 16.5. The number of methoxy groups -OCH3 is 1. The minimum absolute atomic E-state index is 0.381. The van der Waals surface area contributed by atoms with Crippen molar-refractivity contribution in [1.82, 2.24) is 10.2 Å². The second-order valence-corrected chi connectivity index (χ2v) is 6.11. The fourth-order valence-electron chi connectivity index (χ4n) is 2.75. The molecule has 3 heteroatoms. The largest absolute Gasteiger partial charge is 0.383 e. The number of likely N-dealkylation sites (N-methyl/N-ethyl adjacent to an activating group) is 1. The van der Waals surface area contributed by atoms with E-state index in [1.54, 1.807) is 7.11 Å². The van der Waals surface area contributed by atoms with Gasteiger partial charge in [0.15, 0.2) is 0 Å². The number of nitrogens with one attached hydrogen (secondary N) is 1. The molecule has 0 heterocycles. The van der Waals surface area contributed by atoms with Crippen LogP contribution in [0.5, 0.6) is 0 Å². The van der Waals surface area contributed by atoms with Crippen molar-refractivity contribution in [1.29, 1.82) is 0 Å². The Hall–Kier alpha value is -0.900. The van der Waals surface area contributed by atoms with Gasteiger partial charge in [0.1, 0.15) is 0 Å². The fraction of sp³-hybridized carbons (Fsp3) is 0.667. The second-order valence-electron chi connectivity index (χ2n) is 6.11. The molecular weight excluding hydrogens is 260 g/mol. The molecule has 0 aromatic heterocycles. The molecule has 0 saturated carbocycles. The molecule has 0 aliphatic heterocycles. The molecular formula is C18H32N2O. The molecule has 0 aliphatic carbocycles. The number of aryl methyl sites for hydroxylation is 1. The van der Waals surface area contributed by atoms with Crippen LogP contribution in [0.1, 0.15) is 37.9 Å². The van der Waals surface area contributed by atoms with Crippen molar-refractivity contribution < 1.29 is 4.74 Å². The van der Waals surface area contributed by atoms with Crippen molar-refractivity contribution in [2.45, 2.75) is 33.7 Å². The highest BCUT2D eigenvalue weighted by Crippen LogP contribution is 2.19. The van der Waals surface area contributed by atoms with Crippen LogP contribution < -0.4 is 5.32 Å². The Bertz CT molecular complexity index is 393. The van der Waals surface area contributed by atoms with E-state index in [0.717, 1.165) is 32.8 Å². The molecule has 0 spiro atoms. The molecule has 0 saturated heterocycles. The molecule has 0 radical (unpaired) electrons. The smallest absolute Gasteiger partial charge is 0.0589 e. The van der Waals surface area contributed by atoms with Gasteiger partial charge in [-0.2, -0.15) is 0 Å². The molecule has 0 bridgehead atoms. The average Bonchev–Trinajstić information content (AvgIpc) is 2.44. The fourth-order valence-corrected chi connectivity index (χ4v) is 2.75. The quantitative estimate of drug-likeness (QED) is 0.716. The van der Waals surface area contributed by atoms with Gasteiger partial charge < -0.3 is 10.1 Å². The lowest BCUT2D eigenvalue weighted by molar-refractivity contribution is 0.132. The Balaban J connectivity index is 2.80. The van der Waals surface area contributed by atoms with E-state index in [2.05, 4.69) is 62.2 Å². The van der Waals surface area contributed by atoms with Crippen LogP contribution in [0.2, 0.25) is 0 Å². The minimum atomic E-state index is 0.381. The van der Waals surface area contributed by atoms with Crippen LogP contribution in [0.15, 0.2) is 24.3 Å². The SMILES string of the molecule is CCNC(CN(CCOC)CC(C)C)c1ccccc1C. The summed E-state index contributed by atoms with van der Waals surface area (Å²) >= 11 is 0. The van der Waals surface area contributed by atoms with Gasteiger partial charge >= 0.3 is 0 Å². The third kappa shape index (κ3) is 6.60. The summed E-state index contributed by atoms with van der Waals surface area (Å²) in [6, 6.07) is 9.06. The van der Waals surface area contributed by atoms with Crippen LogP contribution in [0.4, 0.5) is 0 Å². The number of benzene rings is 1. The number of hydrogen-bond acceptors (Lipinski definition) is 3. The summed E-state index contributed by atoms with van der Waals surface area (Å²) in [4.78, 5) is 2.51. The second kappa shape index (κ2) is 9.93. The van der Waals surface area contributed by atoms with E-state index < -0.39 is 0 Å². The highest BCUT2D eigenvalue weighted by molar-refractivity contribution is 5.29. The first-order valence-corrected chi connectivity index (χ1v) is 8.08. The molecule has 21 heavy (non-hydrogen) atoms. The lowest BCUT2D eigenvalue weighted by Gasteiger charge is -2.30. The molecule has 0 fully saturated rings. The lowest BCUT2D eigenvalue weighted by atomic mass is 10.0. The topological polar surface area (TPSA) is 24.5 Å². The van der Waals surface area contributed by atoms with Gasteiger partial charge in [0, 0.05) is 32.8 Å². The normalized spacial score (nSPS) is 13.1. The number of hydrogen-bond donors (Lipinski definition) is 1. The Morgan fingerprint density at radius 3 is 2.48 bits per heavy atom. The zero-order valence-electron chi connectivity index (χ0n) is 14.4. The summed E-state index contributed by atoms with van der Waals surface area (Å²) in [7, 11) is 1.77. The zero-order valence-corrected chi connectivity index (χ0v) is 14.4. The molecule has 120 valence electrons. The summed E-state index contributed by atoms with van der Waals surface area (Å²) in [6.45, 7) is 13.8. The Morgan fingerprint density at radius 2 is 1.90 bits per heavy atom. The molecule has 1 unspecified atom stereocenters. The van der Waals surface area contributed by atoms with E-state index in [9.17, 15) is 0 Å². The van der Waals surface area contributed by atoms with Gasteiger partial charge in [0.05, 0.1) is 6.61 Å². The Kier molecular flexibility index (Phi) is 8.58. The minimum Gasteiger partial charge on any atom is -0.383 e. The van der Waals surface area contributed by atoms with E-state index in [0.29, 0.717) is 12.0 Å². The summed E-state index contributed by atoms with van der Waals surface area (Å²) in [6.07, 6.45) is 0. The van der Waals surface area contributed by atoms with Crippen molar-refractivity contribution in [2.75, 3.05) is 39.9 Å². The molecule has 0 amide bonds. The van der Waals surface area contributed by atoms with E-state index in [4.69, 9.17) is 4.74 Å². The molecule has 3 nitrogen and oxygen atoms in total. The third-order valence-corrected chi connectivity index (χ3v) is 3.69. The van der Waals surface area contributed by atoms with Crippen LogP contribution in [0.25, 0.3) is 0 Å². The maximum Gasteiger partial charge on any atom is 0.0589 e. The monoisotopic (exact) mass is 292 g/mol. The molecule has 1 atom stereocenters. The van der Waals surface area contributed by atoms with Gasteiger partial charge in [-0.05, 0) is 30.5 Å². The van der Waals surface area contributed by atoms with Gasteiger partial charge in [-0.3, -0.25) is 4.90 Å². The van der Waals surface area contributed by atoms with Gasteiger partial charge in [-0.15, -0.1) is 0 Å². The van der Waals surface area contributed by atoms with E-state index in [1.807, 2.05) is 0 Å². The average molecular weight is 292 g/mol. The summed E-state index contributed by atoms with van der Waals surface area (Å²) in [5.74, 6) is 0.668. The first-order chi connectivity index (χ1) is 10.1. The molecule has 1 N–H and O–H groups in total. The van der Waals surface area contributed by atoms with Crippen molar-refractivity contribution in [2.24, 2.45) is 5.92 Å². The van der Waals surface area contributed by atoms with Crippen LogP contribution in [-0.2, 0) is 4.74 Å². The van der Waals surface area contributed by atoms with Crippen LogP contribution in [-0.4, -0.2) is 44.8 Å². The number of ether oxygens (including phenoxy) is 1. The predicted octanol–water partition coefficient (Wildman–Crippen LogP) is 3.25. The maximum absolute atomic E-state index is 5.26. The van der Waals surface area contributed by atoms with Crippen molar-refractivity contribution in [3.05, 3.63) is 35.4 Å². The van der Waals surface area contributed by atoms with Gasteiger partial charge in [-0.1, -0.05) is 45.0 Å². The highest BCUT2D eigenvalue weighted by Gasteiger charge is 2.17. The van der Waals surface area contributed by atoms with Crippen molar-refractivity contribution in [3.8, 4) is 0 Å². The van der Waals surface area contributed by atoms with E-state index in [1.165, 1.54) is 11.1 Å². The van der Waals surface area contributed by atoms with Gasteiger partial charge in [0.2, 0.25) is 0 Å². The van der Waals surface area contributed by atoms with Crippen molar-refractivity contribution in [3.63, 3.8) is 0 Å². The van der Waals surface area contributed by atoms with Gasteiger partial charge in [-0.25, -0.2) is 0 Å². The molecule has 1 aromatic carbocycles. The number of rotatable bonds is 10. The van der Waals surface area contributed by atoms with E-state index in [-0.39, 0.29) is 0 Å². The van der Waals surface area contributed by atoms with Crippen molar-refractivity contribution >= 4 is 0 Å². The first-order valence-electron chi connectivity index (χ1n) is 8.08. The van der Waals surface area contributed by atoms with Crippen LogP contribution in [0.3, 0.4) is 0 Å². The maximum atomic E-state index is 5.26. The number of nitrogens with zero attached hydrogens (tertiary/aromatic N) is 1. The predicted molar refractivity (Wildman–Crippen MR) is 90.8 cm³/mol. The standard InChI is InChI=1S/C18H32N2O/c1-6-19-18(17-10-8-7-9-16(17)4)14-20(11-12-21-5)13-15(2)3/h7-10,15,18-19H,6,11-14H2,1-5H3. The van der Waals surface area contributed by atoms with Crippen LogP contribution in [0, 0.1) is 12.8 Å². The van der Waals surface area contributed by atoms with Crippen LogP contribution >= 0.6 is 0 Å². The summed E-state index contributed by atoms with van der Waals surface area (Å²) < 4.78 is 5.26. The molecule has 1 rings (SSSR count). The third-order valence-electron chi connectivity index (χ3n) is 3.69. The zero-order chi connectivity index (χ0) is 15.7. The summed E-state index contributed by atoms with van der Waals surface area (Å²) in [5, 5.41) is 3.64. The Morgan fingerprint density at radius 1 is 1.19 bits per heavy atom.